The largest absolute Gasteiger partial charge is 0.172 e. The van der Waals surface area contributed by atoms with Crippen molar-refractivity contribution in [3.05, 3.63) is 72.8 Å². The first-order chi connectivity index (χ1) is 11.4. The van der Waals surface area contributed by atoms with Crippen LogP contribution in [0.3, 0.4) is 0 Å². The smallest absolute Gasteiger partial charge is 0.119 e. The molecule has 1 aromatic heterocycles. The standard InChI is InChI=1S/C18H12N2S3/c1-3-7-13(8-4-1)21-15-11-12-16(18-17(15)19-23-20-18)22-14-9-5-2-6-10-14/h1-12H. The van der Waals surface area contributed by atoms with E-state index in [-0.39, 0.29) is 0 Å². The number of fused-ring (bicyclic) bond motifs is 1. The summed E-state index contributed by atoms with van der Waals surface area (Å²) in [6.45, 7) is 0. The van der Waals surface area contributed by atoms with Crippen molar-refractivity contribution in [1.82, 2.24) is 8.75 Å². The van der Waals surface area contributed by atoms with Crippen molar-refractivity contribution in [3.8, 4) is 0 Å². The third kappa shape index (κ3) is 3.27. The second kappa shape index (κ2) is 6.74. The summed E-state index contributed by atoms with van der Waals surface area (Å²) >= 11 is 4.74. The van der Waals surface area contributed by atoms with Gasteiger partial charge in [-0.05, 0) is 36.4 Å². The molecule has 4 aromatic rings. The van der Waals surface area contributed by atoms with Crippen LogP contribution < -0.4 is 0 Å². The molecule has 0 saturated heterocycles. The lowest BCUT2D eigenvalue weighted by Gasteiger charge is -2.06. The summed E-state index contributed by atoms with van der Waals surface area (Å²) in [7, 11) is 0. The Labute approximate surface area is 147 Å². The van der Waals surface area contributed by atoms with Crippen LogP contribution in [0.25, 0.3) is 11.0 Å². The predicted molar refractivity (Wildman–Crippen MR) is 98.5 cm³/mol. The highest BCUT2D eigenvalue weighted by Gasteiger charge is 2.12. The normalized spacial score (nSPS) is 11.0. The number of benzene rings is 3. The molecular weight excluding hydrogens is 340 g/mol. The summed E-state index contributed by atoms with van der Waals surface area (Å²) in [6.07, 6.45) is 0. The van der Waals surface area contributed by atoms with E-state index >= 15 is 0 Å². The zero-order valence-corrected chi connectivity index (χ0v) is 14.5. The molecule has 0 saturated carbocycles. The van der Waals surface area contributed by atoms with Gasteiger partial charge in [-0.2, -0.15) is 8.75 Å². The highest BCUT2D eigenvalue weighted by Crippen LogP contribution is 2.38. The van der Waals surface area contributed by atoms with Crippen LogP contribution in [0.4, 0.5) is 0 Å². The Morgan fingerprint density at radius 2 is 1.00 bits per heavy atom. The van der Waals surface area contributed by atoms with Gasteiger partial charge in [-0.3, -0.25) is 0 Å². The van der Waals surface area contributed by atoms with E-state index in [4.69, 9.17) is 0 Å². The lowest BCUT2D eigenvalue weighted by molar-refractivity contribution is 1.36. The van der Waals surface area contributed by atoms with Crippen molar-refractivity contribution in [1.29, 1.82) is 0 Å². The highest BCUT2D eigenvalue weighted by atomic mass is 32.2. The first-order valence-corrected chi connectivity index (χ1v) is 9.47. The van der Waals surface area contributed by atoms with Crippen molar-refractivity contribution in [3.63, 3.8) is 0 Å². The number of nitrogens with zero attached hydrogens (tertiary/aromatic N) is 2. The molecule has 0 radical (unpaired) electrons. The van der Waals surface area contributed by atoms with Crippen molar-refractivity contribution in [2.75, 3.05) is 0 Å². The Morgan fingerprint density at radius 3 is 1.43 bits per heavy atom. The van der Waals surface area contributed by atoms with E-state index < -0.39 is 0 Å². The molecule has 3 aromatic carbocycles. The molecule has 112 valence electrons. The third-order valence-electron chi connectivity index (χ3n) is 3.28. The molecule has 0 aliphatic rings. The lowest BCUT2D eigenvalue weighted by Crippen LogP contribution is -1.82. The molecule has 4 rings (SSSR count). The highest BCUT2D eigenvalue weighted by molar-refractivity contribution is 8.00. The molecule has 0 bridgehead atoms. The molecule has 0 atom stereocenters. The van der Waals surface area contributed by atoms with Gasteiger partial charge in [-0.25, -0.2) is 0 Å². The van der Waals surface area contributed by atoms with Crippen LogP contribution in [0.1, 0.15) is 0 Å². The van der Waals surface area contributed by atoms with Crippen molar-refractivity contribution in [2.24, 2.45) is 0 Å². The van der Waals surface area contributed by atoms with E-state index in [0.717, 1.165) is 20.8 Å². The molecule has 5 heteroatoms. The van der Waals surface area contributed by atoms with E-state index in [0.29, 0.717) is 0 Å². The van der Waals surface area contributed by atoms with Gasteiger partial charge in [0.25, 0.3) is 0 Å². The topological polar surface area (TPSA) is 25.8 Å². The summed E-state index contributed by atoms with van der Waals surface area (Å²) in [5.41, 5.74) is 1.98. The van der Waals surface area contributed by atoms with E-state index in [2.05, 4.69) is 69.4 Å². The van der Waals surface area contributed by atoms with Crippen LogP contribution in [0.5, 0.6) is 0 Å². The Morgan fingerprint density at radius 1 is 0.565 bits per heavy atom. The zero-order chi connectivity index (χ0) is 15.5. The second-order valence-corrected chi connectivity index (χ2v) is 7.61. The average Bonchev–Trinajstić information content (AvgIpc) is 3.09. The van der Waals surface area contributed by atoms with Crippen molar-refractivity contribution in [2.45, 2.75) is 19.6 Å². The average molecular weight is 353 g/mol. The van der Waals surface area contributed by atoms with Gasteiger partial charge in [0.1, 0.15) is 11.0 Å². The summed E-state index contributed by atoms with van der Waals surface area (Å²) in [5.74, 6) is 0. The molecule has 0 fully saturated rings. The van der Waals surface area contributed by atoms with E-state index in [1.807, 2.05) is 12.1 Å². The van der Waals surface area contributed by atoms with Crippen LogP contribution in [0.2, 0.25) is 0 Å². The molecule has 0 aliphatic heterocycles. The first-order valence-electron chi connectivity index (χ1n) is 7.11. The van der Waals surface area contributed by atoms with Gasteiger partial charge >= 0.3 is 0 Å². The maximum absolute atomic E-state index is 4.51. The van der Waals surface area contributed by atoms with Gasteiger partial charge in [0.15, 0.2) is 0 Å². The zero-order valence-electron chi connectivity index (χ0n) is 12.0. The maximum atomic E-state index is 4.51. The second-order valence-electron chi connectivity index (χ2n) is 4.85. The SMILES string of the molecule is c1ccc(Sc2ccc(Sc3ccccc3)c3nsnc23)cc1. The van der Waals surface area contributed by atoms with Gasteiger partial charge in [-0.1, -0.05) is 59.9 Å². The van der Waals surface area contributed by atoms with E-state index in [9.17, 15) is 0 Å². The van der Waals surface area contributed by atoms with Gasteiger partial charge in [-0.15, -0.1) is 0 Å². The Hall–Kier alpha value is -1.82. The first kappa shape index (κ1) is 14.8. The van der Waals surface area contributed by atoms with Gasteiger partial charge in [0.2, 0.25) is 0 Å². The summed E-state index contributed by atoms with van der Waals surface area (Å²) in [5, 5.41) is 0. The third-order valence-corrected chi connectivity index (χ3v) is 5.93. The molecule has 0 spiro atoms. The maximum Gasteiger partial charge on any atom is 0.119 e. The summed E-state index contributed by atoms with van der Waals surface area (Å²) < 4.78 is 9.03. The molecule has 0 amide bonds. The molecule has 23 heavy (non-hydrogen) atoms. The Kier molecular flexibility index (Phi) is 4.33. The fraction of sp³-hybridized carbons (Fsp3) is 0. The number of aromatic nitrogens is 2. The van der Waals surface area contributed by atoms with Gasteiger partial charge < -0.3 is 0 Å². The minimum Gasteiger partial charge on any atom is -0.172 e. The van der Waals surface area contributed by atoms with Crippen LogP contribution in [0.15, 0.2) is 92.4 Å². The summed E-state index contributed by atoms with van der Waals surface area (Å²) in [4.78, 5) is 4.73. The predicted octanol–water partition coefficient (Wildman–Crippen LogP) is 5.99. The minimum atomic E-state index is 0.991. The van der Waals surface area contributed by atoms with Gasteiger partial charge in [0, 0.05) is 19.6 Å². The van der Waals surface area contributed by atoms with Crippen LogP contribution in [-0.4, -0.2) is 8.75 Å². The van der Waals surface area contributed by atoms with Gasteiger partial charge in [0.05, 0.1) is 11.7 Å². The van der Waals surface area contributed by atoms with E-state index in [1.165, 1.54) is 21.5 Å². The number of rotatable bonds is 4. The quantitative estimate of drug-likeness (QED) is 0.450. The fourth-order valence-corrected chi connectivity index (χ4v) is 4.75. The van der Waals surface area contributed by atoms with Crippen LogP contribution in [0, 0.1) is 0 Å². The molecule has 0 unspecified atom stereocenters. The van der Waals surface area contributed by atoms with Crippen molar-refractivity contribution < 1.29 is 0 Å². The molecule has 1 heterocycles. The Balaban J connectivity index is 1.70. The fourth-order valence-electron chi connectivity index (χ4n) is 2.22. The summed E-state index contributed by atoms with van der Waals surface area (Å²) in [6, 6.07) is 25.0. The van der Waals surface area contributed by atoms with Crippen LogP contribution >= 0.6 is 35.3 Å². The van der Waals surface area contributed by atoms with E-state index in [1.54, 1.807) is 23.5 Å². The van der Waals surface area contributed by atoms with Crippen molar-refractivity contribution >= 4 is 46.3 Å². The molecule has 2 nitrogen and oxygen atoms in total. The van der Waals surface area contributed by atoms with Crippen LogP contribution in [-0.2, 0) is 0 Å². The monoisotopic (exact) mass is 352 g/mol. The number of hydrogen-bond acceptors (Lipinski definition) is 5. The lowest BCUT2D eigenvalue weighted by atomic mass is 10.3. The Bertz CT molecular complexity index is 845. The minimum absolute atomic E-state index is 0.991. The molecular formula is C18H12N2S3. The molecule has 0 N–H and O–H groups in total. The number of hydrogen-bond donors (Lipinski definition) is 0. The molecule has 0 aliphatic carbocycles.